The van der Waals surface area contributed by atoms with Gasteiger partial charge in [0.2, 0.25) is 5.91 Å². The summed E-state index contributed by atoms with van der Waals surface area (Å²) in [4.78, 5) is 14.1. The highest BCUT2D eigenvalue weighted by Gasteiger charge is 2.12. The van der Waals surface area contributed by atoms with E-state index < -0.39 is 6.10 Å². The lowest BCUT2D eigenvalue weighted by Crippen LogP contribution is -2.23. The second-order valence-electron chi connectivity index (χ2n) is 4.04. The maximum atomic E-state index is 11.5. The zero-order valence-corrected chi connectivity index (χ0v) is 11.3. The lowest BCUT2D eigenvalue weighted by atomic mass is 10.1. The highest BCUT2D eigenvalue weighted by Crippen LogP contribution is 2.28. The first-order valence-corrected chi connectivity index (χ1v) is 6.64. The number of rotatable bonds is 5. The molecule has 1 amide bonds. The predicted octanol–water partition coefficient (Wildman–Crippen LogP) is 2.31. The normalized spacial score (nSPS) is 12.2. The Kier molecular flexibility index (Phi) is 5.51. The molecule has 0 heterocycles. The maximum Gasteiger partial charge on any atom is 0.232 e. The van der Waals surface area contributed by atoms with Crippen molar-refractivity contribution in [2.45, 2.75) is 24.3 Å². The van der Waals surface area contributed by atoms with Crippen molar-refractivity contribution >= 4 is 17.7 Å². The average Bonchev–Trinajstić information content (AvgIpc) is 2.35. The van der Waals surface area contributed by atoms with E-state index in [1.807, 2.05) is 31.2 Å². The van der Waals surface area contributed by atoms with E-state index in [0.29, 0.717) is 12.2 Å². The van der Waals surface area contributed by atoms with Crippen LogP contribution < -0.4 is 0 Å². The van der Waals surface area contributed by atoms with Crippen LogP contribution in [0.2, 0.25) is 0 Å². The van der Waals surface area contributed by atoms with E-state index in [4.69, 9.17) is 0 Å². The van der Waals surface area contributed by atoms with Crippen LogP contribution >= 0.6 is 11.8 Å². The van der Waals surface area contributed by atoms with Crippen molar-refractivity contribution in [2.24, 2.45) is 0 Å². The monoisotopic (exact) mass is 253 g/mol. The van der Waals surface area contributed by atoms with Crippen LogP contribution in [0, 0.1) is 0 Å². The van der Waals surface area contributed by atoms with Gasteiger partial charge in [0.25, 0.3) is 0 Å². The number of thioether (sulfide) groups is 1. The minimum Gasteiger partial charge on any atom is -0.388 e. The van der Waals surface area contributed by atoms with E-state index in [0.717, 1.165) is 10.5 Å². The quantitative estimate of drug-likeness (QED) is 0.819. The van der Waals surface area contributed by atoms with E-state index in [9.17, 15) is 9.90 Å². The molecule has 0 aliphatic carbocycles. The summed E-state index contributed by atoms with van der Waals surface area (Å²) >= 11 is 1.48. The zero-order chi connectivity index (χ0) is 12.8. The number of hydrogen-bond acceptors (Lipinski definition) is 3. The van der Waals surface area contributed by atoms with Crippen LogP contribution in [0.5, 0.6) is 0 Å². The molecule has 0 saturated carbocycles. The van der Waals surface area contributed by atoms with Crippen LogP contribution in [0.1, 0.15) is 25.0 Å². The van der Waals surface area contributed by atoms with E-state index in [2.05, 4.69) is 0 Å². The summed E-state index contributed by atoms with van der Waals surface area (Å²) in [6, 6.07) is 7.69. The van der Waals surface area contributed by atoms with E-state index >= 15 is 0 Å². The van der Waals surface area contributed by atoms with E-state index in [1.165, 1.54) is 11.8 Å². The Balaban J connectivity index is 2.74. The third kappa shape index (κ3) is 4.06. The summed E-state index contributed by atoms with van der Waals surface area (Å²) in [7, 11) is 3.49. The fourth-order valence-electron chi connectivity index (χ4n) is 1.38. The Morgan fingerprint density at radius 3 is 2.65 bits per heavy atom. The lowest BCUT2D eigenvalue weighted by molar-refractivity contribution is -0.125. The number of benzene rings is 1. The van der Waals surface area contributed by atoms with E-state index in [-0.39, 0.29) is 5.91 Å². The zero-order valence-electron chi connectivity index (χ0n) is 10.5. The van der Waals surface area contributed by atoms with Gasteiger partial charge in [-0.15, -0.1) is 11.8 Å². The first kappa shape index (κ1) is 14.1. The lowest BCUT2D eigenvalue weighted by Gasteiger charge is -2.14. The van der Waals surface area contributed by atoms with Crippen molar-refractivity contribution in [3.63, 3.8) is 0 Å². The van der Waals surface area contributed by atoms with E-state index in [1.54, 1.807) is 19.0 Å². The number of aliphatic hydroxyl groups excluding tert-OH is 1. The van der Waals surface area contributed by atoms with Crippen LogP contribution in [0.25, 0.3) is 0 Å². The van der Waals surface area contributed by atoms with Gasteiger partial charge in [-0.3, -0.25) is 4.79 Å². The van der Waals surface area contributed by atoms with Crippen LogP contribution in [-0.4, -0.2) is 35.8 Å². The molecule has 0 spiro atoms. The Bertz CT molecular complexity index is 379. The number of aliphatic hydroxyl groups is 1. The van der Waals surface area contributed by atoms with Crippen molar-refractivity contribution in [3.8, 4) is 0 Å². The SMILES string of the molecule is CC[C@@H](O)c1ccccc1SCC(=O)N(C)C. The largest absolute Gasteiger partial charge is 0.388 e. The van der Waals surface area contributed by atoms with Crippen LogP contribution in [0.4, 0.5) is 0 Å². The van der Waals surface area contributed by atoms with Gasteiger partial charge in [-0.2, -0.15) is 0 Å². The molecule has 17 heavy (non-hydrogen) atoms. The Hall–Kier alpha value is -1.00. The number of carbonyl (C=O) groups is 1. The minimum absolute atomic E-state index is 0.0794. The molecule has 4 heteroatoms. The molecule has 0 fully saturated rings. The molecule has 0 radical (unpaired) electrons. The molecule has 1 atom stereocenters. The Morgan fingerprint density at radius 2 is 2.06 bits per heavy atom. The van der Waals surface area contributed by atoms with Crippen molar-refractivity contribution in [2.75, 3.05) is 19.8 Å². The second-order valence-corrected chi connectivity index (χ2v) is 5.06. The number of nitrogens with zero attached hydrogens (tertiary/aromatic N) is 1. The summed E-state index contributed by atoms with van der Waals surface area (Å²) in [6.45, 7) is 1.94. The van der Waals surface area contributed by atoms with Gasteiger partial charge in [0.1, 0.15) is 0 Å². The van der Waals surface area contributed by atoms with Gasteiger partial charge >= 0.3 is 0 Å². The first-order valence-electron chi connectivity index (χ1n) is 5.66. The standard InChI is InChI=1S/C13H19NO2S/c1-4-11(15)10-7-5-6-8-12(10)17-9-13(16)14(2)3/h5-8,11,15H,4,9H2,1-3H3/t11-/m1/s1. The van der Waals surface area contributed by atoms with Crippen LogP contribution in [0.3, 0.4) is 0 Å². The van der Waals surface area contributed by atoms with Gasteiger partial charge in [-0.05, 0) is 18.1 Å². The molecule has 1 N–H and O–H groups in total. The Labute approximate surface area is 107 Å². The summed E-state index contributed by atoms with van der Waals surface area (Å²) in [6.07, 6.45) is 0.229. The third-order valence-electron chi connectivity index (χ3n) is 2.51. The molecule has 0 unspecified atom stereocenters. The summed E-state index contributed by atoms with van der Waals surface area (Å²) in [5, 5.41) is 9.88. The van der Waals surface area contributed by atoms with Gasteiger partial charge in [0.15, 0.2) is 0 Å². The number of amides is 1. The third-order valence-corrected chi connectivity index (χ3v) is 3.59. The molecular formula is C13H19NO2S. The predicted molar refractivity (Wildman–Crippen MR) is 71.1 cm³/mol. The molecule has 1 rings (SSSR count). The van der Waals surface area contributed by atoms with Gasteiger partial charge in [-0.1, -0.05) is 25.1 Å². The van der Waals surface area contributed by atoms with Crippen molar-refractivity contribution in [1.29, 1.82) is 0 Å². The first-order chi connectivity index (χ1) is 8.06. The Morgan fingerprint density at radius 1 is 1.41 bits per heavy atom. The maximum absolute atomic E-state index is 11.5. The molecule has 1 aromatic carbocycles. The topological polar surface area (TPSA) is 40.5 Å². The van der Waals surface area contributed by atoms with Gasteiger partial charge < -0.3 is 10.0 Å². The van der Waals surface area contributed by atoms with Crippen LogP contribution in [0.15, 0.2) is 29.2 Å². The van der Waals surface area contributed by atoms with Gasteiger partial charge in [0, 0.05) is 19.0 Å². The fraction of sp³-hybridized carbons (Fsp3) is 0.462. The summed E-state index contributed by atoms with van der Waals surface area (Å²) < 4.78 is 0. The van der Waals surface area contributed by atoms with Crippen molar-refractivity contribution in [3.05, 3.63) is 29.8 Å². The molecule has 0 aliphatic rings. The van der Waals surface area contributed by atoms with Crippen molar-refractivity contribution < 1.29 is 9.90 Å². The summed E-state index contributed by atoms with van der Waals surface area (Å²) in [5.41, 5.74) is 0.909. The minimum atomic E-state index is -0.451. The molecule has 0 aliphatic heterocycles. The van der Waals surface area contributed by atoms with Crippen molar-refractivity contribution in [1.82, 2.24) is 4.90 Å². The second kappa shape index (κ2) is 6.67. The fourth-order valence-corrected chi connectivity index (χ4v) is 2.46. The van der Waals surface area contributed by atoms with Gasteiger partial charge in [0.05, 0.1) is 11.9 Å². The molecule has 3 nitrogen and oxygen atoms in total. The number of carbonyl (C=O) groups excluding carboxylic acids is 1. The average molecular weight is 253 g/mol. The molecule has 0 aromatic heterocycles. The molecule has 0 saturated heterocycles. The van der Waals surface area contributed by atoms with Crippen LogP contribution in [-0.2, 0) is 4.79 Å². The number of hydrogen-bond donors (Lipinski definition) is 1. The molecule has 1 aromatic rings. The summed E-state index contributed by atoms with van der Waals surface area (Å²) in [5.74, 6) is 0.483. The molecule has 94 valence electrons. The molecule has 0 bridgehead atoms. The highest BCUT2D eigenvalue weighted by molar-refractivity contribution is 8.00. The van der Waals surface area contributed by atoms with Gasteiger partial charge in [-0.25, -0.2) is 0 Å². The smallest absolute Gasteiger partial charge is 0.232 e. The molecular weight excluding hydrogens is 234 g/mol. The highest BCUT2D eigenvalue weighted by atomic mass is 32.2.